The molecule has 0 aliphatic rings. The maximum atomic E-state index is 6.79. The third kappa shape index (κ3) is 4.16. The second-order valence-electron chi connectivity index (χ2n) is 11.6. The molecular weight excluding hydrogens is 528 g/mol. The maximum absolute atomic E-state index is 6.79. The zero-order valence-electron chi connectivity index (χ0n) is 24.7. The van der Waals surface area contributed by atoms with Crippen LogP contribution in [0.5, 0.6) is 0 Å². The number of nitrogens with zero attached hydrogens (tertiary/aromatic N) is 2. The smallest absolute Gasteiger partial charge is 0.228 e. The summed E-state index contributed by atoms with van der Waals surface area (Å²) >= 11 is 0. The van der Waals surface area contributed by atoms with Crippen LogP contribution >= 0.6 is 0 Å². The van der Waals surface area contributed by atoms with Crippen LogP contribution in [-0.2, 0) is 0 Å². The van der Waals surface area contributed by atoms with Gasteiger partial charge in [0.15, 0.2) is 11.2 Å². The molecule has 0 bridgehead atoms. The Hall–Kier alpha value is -4.83. The van der Waals surface area contributed by atoms with Gasteiger partial charge >= 0.3 is 0 Å². The molecule has 0 atom stereocenters. The molecule has 4 heteroatoms. The standard InChI is InChI=1S/C39H34N2O2/c1-3-5-21-41(22-6-4-2)27-19-20-32-33(24-27)42-37-34(32)30-17-11-12-18-31(30)36-38(37)43-39(40-36)35-28-15-9-7-13-25(28)23-26-14-8-10-16-29(26)35/h7-20,23-24H,3-6,21-22H2,1-2H3. The van der Waals surface area contributed by atoms with Crippen molar-refractivity contribution in [2.75, 3.05) is 18.0 Å². The molecular formula is C39H34N2O2. The van der Waals surface area contributed by atoms with Gasteiger partial charge in [0.1, 0.15) is 11.1 Å². The summed E-state index contributed by atoms with van der Waals surface area (Å²) in [7, 11) is 0. The van der Waals surface area contributed by atoms with E-state index in [1.165, 1.54) is 42.1 Å². The Kier molecular flexibility index (Phi) is 6.29. The Morgan fingerprint density at radius 3 is 1.91 bits per heavy atom. The molecule has 0 unspecified atom stereocenters. The average molecular weight is 563 g/mol. The second kappa shape index (κ2) is 10.5. The van der Waals surface area contributed by atoms with Crippen LogP contribution in [0, 0.1) is 0 Å². The molecule has 2 aromatic heterocycles. The molecule has 0 spiro atoms. The Bertz CT molecular complexity index is 2230. The summed E-state index contributed by atoms with van der Waals surface area (Å²) < 4.78 is 13.5. The molecule has 8 aromatic rings. The number of aromatic nitrogens is 1. The van der Waals surface area contributed by atoms with Crippen LogP contribution in [0.1, 0.15) is 39.5 Å². The summed E-state index contributed by atoms with van der Waals surface area (Å²) in [6.45, 7) is 6.62. The summed E-state index contributed by atoms with van der Waals surface area (Å²) in [6, 6.07) is 34.4. The van der Waals surface area contributed by atoms with Gasteiger partial charge < -0.3 is 13.7 Å². The van der Waals surface area contributed by atoms with E-state index in [9.17, 15) is 0 Å². The Balaban J connectivity index is 1.40. The highest BCUT2D eigenvalue weighted by Gasteiger charge is 2.23. The monoisotopic (exact) mass is 562 g/mol. The number of unbranched alkanes of at least 4 members (excludes halogenated alkanes) is 2. The number of oxazole rings is 1. The molecule has 2 heterocycles. The van der Waals surface area contributed by atoms with Crippen LogP contribution in [0.2, 0.25) is 0 Å². The van der Waals surface area contributed by atoms with E-state index in [1.54, 1.807) is 0 Å². The third-order valence-corrected chi connectivity index (χ3v) is 8.87. The van der Waals surface area contributed by atoms with Crippen LogP contribution in [0.15, 0.2) is 106 Å². The molecule has 0 N–H and O–H groups in total. The van der Waals surface area contributed by atoms with Crippen molar-refractivity contribution in [1.82, 2.24) is 4.98 Å². The third-order valence-electron chi connectivity index (χ3n) is 8.87. The van der Waals surface area contributed by atoms with Crippen molar-refractivity contribution in [3.05, 3.63) is 97.1 Å². The molecule has 0 fully saturated rings. The molecule has 0 saturated heterocycles. The number of anilines is 1. The first-order chi connectivity index (χ1) is 21.2. The van der Waals surface area contributed by atoms with Gasteiger partial charge in [-0.25, -0.2) is 4.98 Å². The van der Waals surface area contributed by atoms with Crippen LogP contribution in [-0.4, -0.2) is 18.1 Å². The first kappa shape index (κ1) is 25.8. The Labute approximate surface area is 250 Å². The zero-order chi connectivity index (χ0) is 28.9. The minimum Gasteiger partial charge on any atom is -0.452 e. The van der Waals surface area contributed by atoms with Crippen LogP contribution in [0.3, 0.4) is 0 Å². The predicted octanol–water partition coefficient (Wildman–Crippen LogP) is 11.3. The van der Waals surface area contributed by atoms with E-state index in [1.807, 2.05) is 0 Å². The average Bonchev–Trinajstić information content (AvgIpc) is 3.66. The highest BCUT2D eigenvalue weighted by molar-refractivity contribution is 6.28. The number of rotatable bonds is 8. The number of hydrogen-bond donors (Lipinski definition) is 0. The van der Waals surface area contributed by atoms with Gasteiger partial charge in [0, 0.05) is 41.0 Å². The molecule has 0 aliphatic heterocycles. The fourth-order valence-corrected chi connectivity index (χ4v) is 6.69. The lowest BCUT2D eigenvalue weighted by atomic mass is 9.97. The topological polar surface area (TPSA) is 42.4 Å². The van der Waals surface area contributed by atoms with Gasteiger partial charge in [0.25, 0.3) is 0 Å². The summed E-state index contributed by atoms with van der Waals surface area (Å²) in [5, 5.41) is 8.99. The van der Waals surface area contributed by atoms with Gasteiger partial charge in [-0.3, -0.25) is 0 Å². The number of furan rings is 1. The summed E-state index contributed by atoms with van der Waals surface area (Å²) in [4.78, 5) is 7.72. The lowest BCUT2D eigenvalue weighted by Gasteiger charge is -2.24. The van der Waals surface area contributed by atoms with Gasteiger partial charge in [-0.05, 0) is 58.0 Å². The highest BCUT2D eigenvalue weighted by Crippen LogP contribution is 2.44. The van der Waals surface area contributed by atoms with Crippen molar-refractivity contribution in [2.24, 2.45) is 0 Å². The molecule has 43 heavy (non-hydrogen) atoms. The first-order valence-electron chi connectivity index (χ1n) is 15.6. The molecule has 8 rings (SSSR count). The highest BCUT2D eigenvalue weighted by atomic mass is 16.4. The van der Waals surface area contributed by atoms with Crippen LogP contribution < -0.4 is 4.90 Å². The van der Waals surface area contributed by atoms with Crippen molar-refractivity contribution >= 4 is 71.0 Å². The lowest BCUT2D eigenvalue weighted by Crippen LogP contribution is -2.25. The molecule has 4 nitrogen and oxygen atoms in total. The molecule has 212 valence electrons. The van der Waals surface area contributed by atoms with Crippen LogP contribution in [0.4, 0.5) is 5.69 Å². The van der Waals surface area contributed by atoms with Gasteiger partial charge in [-0.15, -0.1) is 0 Å². The Morgan fingerprint density at radius 2 is 1.23 bits per heavy atom. The second-order valence-corrected chi connectivity index (χ2v) is 11.6. The number of benzene rings is 6. The van der Waals surface area contributed by atoms with Gasteiger partial charge in [0.05, 0.1) is 5.56 Å². The lowest BCUT2D eigenvalue weighted by molar-refractivity contribution is 0.604. The quantitative estimate of drug-likeness (QED) is 0.173. The van der Waals surface area contributed by atoms with Crippen molar-refractivity contribution in [3.63, 3.8) is 0 Å². The largest absolute Gasteiger partial charge is 0.452 e. The summed E-state index contributed by atoms with van der Waals surface area (Å²) in [5.74, 6) is 0.618. The van der Waals surface area contributed by atoms with Gasteiger partial charge in [-0.2, -0.15) is 0 Å². The molecule has 0 radical (unpaired) electrons. The Morgan fingerprint density at radius 1 is 0.605 bits per heavy atom. The SMILES string of the molecule is CCCCN(CCCC)c1ccc2c(c1)oc1c3oc(-c4c5ccccc5cc5ccccc45)nc3c3ccccc3c21. The number of fused-ring (bicyclic) bond motifs is 10. The van der Waals surface area contributed by atoms with E-state index in [2.05, 4.69) is 116 Å². The van der Waals surface area contributed by atoms with E-state index in [0.29, 0.717) is 11.5 Å². The minimum atomic E-state index is 0.618. The van der Waals surface area contributed by atoms with Crippen molar-refractivity contribution in [2.45, 2.75) is 39.5 Å². The first-order valence-corrected chi connectivity index (χ1v) is 15.6. The van der Waals surface area contributed by atoms with Gasteiger partial charge in [0.2, 0.25) is 5.89 Å². The fraction of sp³-hybridized carbons (Fsp3) is 0.205. The van der Waals surface area contributed by atoms with E-state index in [4.69, 9.17) is 13.8 Å². The van der Waals surface area contributed by atoms with Crippen molar-refractivity contribution < 1.29 is 8.83 Å². The summed E-state index contributed by atoms with van der Waals surface area (Å²) in [6.07, 6.45) is 4.71. The molecule has 0 saturated carbocycles. The molecule has 0 aliphatic carbocycles. The molecule has 6 aromatic carbocycles. The van der Waals surface area contributed by atoms with E-state index >= 15 is 0 Å². The minimum absolute atomic E-state index is 0.618. The molecule has 0 amide bonds. The summed E-state index contributed by atoms with van der Waals surface area (Å²) in [5.41, 5.74) is 5.42. The zero-order valence-corrected chi connectivity index (χ0v) is 24.7. The normalized spacial score (nSPS) is 12.0. The van der Waals surface area contributed by atoms with Crippen molar-refractivity contribution in [3.8, 4) is 11.5 Å². The maximum Gasteiger partial charge on any atom is 0.228 e. The van der Waals surface area contributed by atoms with Gasteiger partial charge in [-0.1, -0.05) is 99.5 Å². The van der Waals surface area contributed by atoms with E-state index in [-0.39, 0.29) is 0 Å². The van der Waals surface area contributed by atoms with Crippen molar-refractivity contribution in [1.29, 1.82) is 0 Å². The van der Waals surface area contributed by atoms with E-state index in [0.717, 1.165) is 67.7 Å². The fourth-order valence-electron chi connectivity index (χ4n) is 6.69. The predicted molar refractivity (Wildman–Crippen MR) is 181 cm³/mol. The number of hydrogen-bond acceptors (Lipinski definition) is 4. The van der Waals surface area contributed by atoms with E-state index < -0.39 is 0 Å². The van der Waals surface area contributed by atoms with Crippen LogP contribution in [0.25, 0.3) is 76.8 Å².